The first-order valence-corrected chi connectivity index (χ1v) is 11.4. The van der Waals surface area contributed by atoms with Crippen LogP contribution in [0.3, 0.4) is 0 Å². The summed E-state index contributed by atoms with van der Waals surface area (Å²) in [4.78, 5) is 13.9. The van der Waals surface area contributed by atoms with E-state index < -0.39 is 10.0 Å². The van der Waals surface area contributed by atoms with Gasteiger partial charge in [0.15, 0.2) is 6.04 Å². The molecule has 0 aromatic heterocycles. The standard InChI is InChI=1S/C22H31N3O3S/c1-6-18-7-9-19(10-8-18)15-25(5)17(4)22(26)23-20-11-13-21(14-12-20)29(27,28)24-16(2)3/h7-14,16-17,24H,6,15H2,1-5H3,(H,23,26)/p+1/t17-/m1/s1. The molecule has 0 saturated heterocycles. The number of quaternary nitrogens is 1. The van der Waals surface area contributed by atoms with Crippen LogP contribution in [-0.4, -0.2) is 33.5 Å². The molecule has 7 heteroatoms. The average Bonchev–Trinajstić information content (AvgIpc) is 2.67. The summed E-state index contributed by atoms with van der Waals surface area (Å²) in [5.74, 6) is -0.108. The first-order valence-electron chi connectivity index (χ1n) is 9.95. The van der Waals surface area contributed by atoms with Gasteiger partial charge in [-0.25, -0.2) is 13.1 Å². The van der Waals surface area contributed by atoms with Crippen LogP contribution in [0.2, 0.25) is 0 Å². The number of hydrogen-bond acceptors (Lipinski definition) is 3. The third kappa shape index (κ3) is 6.66. The number of amides is 1. The summed E-state index contributed by atoms with van der Waals surface area (Å²) in [7, 11) is -1.55. The average molecular weight is 419 g/mol. The first kappa shape index (κ1) is 23.1. The second-order valence-corrected chi connectivity index (χ2v) is 9.42. The minimum absolute atomic E-state index is 0.108. The zero-order valence-electron chi connectivity index (χ0n) is 17.8. The molecule has 0 saturated carbocycles. The highest BCUT2D eigenvalue weighted by atomic mass is 32.2. The van der Waals surface area contributed by atoms with E-state index in [0.717, 1.165) is 17.9 Å². The molecule has 2 atom stereocenters. The van der Waals surface area contributed by atoms with Crippen molar-refractivity contribution < 1.29 is 18.1 Å². The molecule has 0 spiro atoms. The molecule has 29 heavy (non-hydrogen) atoms. The molecule has 2 rings (SSSR count). The summed E-state index contributed by atoms with van der Waals surface area (Å²) >= 11 is 0. The number of carbonyl (C=O) groups excluding carboxylic acids is 1. The summed E-state index contributed by atoms with van der Waals surface area (Å²) in [6.45, 7) is 8.30. The molecule has 0 aliphatic heterocycles. The molecule has 6 nitrogen and oxygen atoms in total. The van der Waals surface area contributed by atoms with Gasteiger partial charge < -0.3 is 10.2 Å². The van der Waals surface area contributed by atoms with Crippen LogP contribution in [0.4, 0.5) is 5.69 Å². The Balaban J connectivity index is 1.97. The van der Waals surface area contributed by atoms with Crippen LogP contribution >= 0.6 is 0 Å². The normalized spacial score (nSPS) is 13.9. The van der Waals surface area contributed by atoms with E-state index in [1.165, 1.54) is 23.3 Å². The number of aryl methyl sites for hydroxylation is 1. The van der Waals surface area contributed by atoms with E-state index in [1.54, 1.807) is 26.0 Å². The molecule has 0 bridgehead atoms. The Kier molecular flexibility index (Phi) is 7.96. The summed E-state index contributed by atoms with van der Waals surface area (Å²) in [6, 6.07) is 14.2. The fourth-order valence-corrected chi connectivity index (χ4v) is 4.19. The highest BCUT2D eigenvalue weighted by molar-refractivity contribution is 7.89. The van der Waals surface area contributed by atoms with Crippen molar-refractivity contribution in [3.05, 3.63) is 59.7 Å². The van der Waals surface area contributed by atoms with Gasteiger partial charge in [0, 0.05) is 17.3 Å². The molecule has 2 aromatic carbocycles. The highest BCUT2D eigenvalue weighted by Gasteiger charge is 2.22. The van der Waals surface area contributed by atoms with Crippen molar-refractivity contribution in [3.63, 3.8) is 0 Å². The Hall–Kier alpha value is -2.22. The maximum atomic E-state index is 12.6. The minimum atomic E-state index is -3.54. The predicted octanol–water partition coefficient (Wildman–Crippen LogP) is 1.98. The predicted molar refractivity (Wildman–Crippen MR) is 116 cm³/mol. The number of hydrogen-bond donors (Lipinski definition) is 3. The van der Waals surface area contributed by atoms with Gasteiger partial charge in [0.1, 0.15) is 6.54 Å². The second-order valence-electron chi connectivity index (χ2n) is 7.70. The molecule has 2 aromatic rings. The molecule has 1 amide bonds. The summed E-state index contributed by atoms with van der Waals surface area (Å²) in [5, 5.41) is 2.87. The highest BCUT2D eigenvalue weighted by Crippen LogP contribution is 2.14. The fraction of sp³-hybridized carbons (Fsp3) is 0.409. The molecule has 0 radical (unpaired) electrons. The van der Waals surface area contributed by atoms with Crippen LogP contribution in [0.5, 0.6) is 0 Å². The van der Waals surface area contributed by atoms with Gasteiger partial charge in [0.05, 0.1) is 11.9 Å². The number of carbonyl (C=O) groups is 1. The van der Waals surface area contributed by atoms with Gasteiger partial charge in [-0.3, -0.25) is 4.79 Å². The van der Waals surface area contributed by atoms with Crippen molar-refractivity contribution in [2.75, 3.05) is 12.4 Å². The maximum Gasteiger partial charge on any atom is 0.282 e. The molecule has 0 aliphatic carbocycles. The molecule has 3 N–H and O–H groups in total. The fourth-order valence-electron chi connectivity index (χ4n) is 2.94. The molecular formula is C22H32N3O3S+. The van der Waals surface area contributed by atoms with Crippen molar-refractivity contribution in [1.82, 2.24) is 4.72 Å². The largest absolute Gasteiger partial charge is 0.324 e. The topological polar surface area (TPSA) is 79.7 Å². The SMILES string of the molecule is CCc1ccc(C[NH+](C)[C@H](C)C(=O)Nc2ccc(S(=O)(=O)NC(C)C)cc2)cc1. The maximum absolute atomic E-state index is 12.6. The Morgan fingerprint density at radius 1 is 0.966 bits per heavy atom. The number of sulfonamides is 1. The van der Waals surface area contributed by atoms with Crippen molar-refractivity contribution in [2.24, 2.45) is 0 Å². The van der Waals surface area contributed by atoms with E-state index in [-0.39, 0.29) is 22.9 Å². The van der Waals surface area contributed by atoms with Crippen LogP contribution in [0.1, 0.15) is 38.8 Å². The quantitative estimate of drug-likeness (QED) is 0.583. The van der Waals surface area contributed by atoms with E-state index in [2.05, 4.69) is 41.2 Å². The smallest absolute Gasteiger partial charge is 0.282 e. The lowest BCUT2D eigenvalue weighted by atomic mass is 10.1. The molecule has 0 heterocycles. The van der Waals surface area contributed by atoms with Gasteiger partial charge in [-0.05, 0) is 57.0 Å². The number of anilines is 1. The zero-order valence-corrected chi connectivity index (χ0v) is 18.6. The molecule has 158 valence electrons. The molecular weight excluding hydrogens is 386 g/mol. The third-order valence-electron chi connectivity index (χ3n) is 4.87. The van der Waals surface area contributed by atoms with Crippen LogP contribution < -0.4 is 14.9 Å². The monoisotopic (exact) mass is 418 g/mol. The Morgan fingerprint density at radius 3 is 2.03 bits per heavy atom. The summed E-state index contributed by atoms with van der Waals surface area (Å²) < 4.78 is 26.9. The number of benzene rings is 2. The van der Waals surface area contributed by atoms with Crippen LogP contribution in [0, 0.1) is 0 Å². The number of likely N-dealkylation sites (N-methyl/N-ethyl adjacent to an activating group) is 1. The van der Waals surface area contributed by atoms with Crippen molar-refractivity contribution in [3.8, 4) is 0 Å². The van der Waals surface area contributed by atoms with Crippen LogP contribution in [0.25, 0.3) is 0 Å². The minimum Gasteiger partial charge on any atom is -0.324 e. The molecule has 0 fully saturated rings. The van der Waals surface area contributed by atoms with Gasteiger partial charge in [-0.1, -0.05) is 31.2 Å². The zero-order chi connectivity index (χ0) is 21.6. The lowest BCUT2D eigenvalue weighted by Crippen LogP contribution is -3.12. The van der Waals surface area contributed by atoms with E-state index in [1.807, 2.05) is 14.0 Å². The lowest BCUT2D eigenvalue weighted by Gasteiger charge is -2.21. The Bertz CT molecular complexity index is 907. The van der Waals surface area contributed by atoms with Gasteiger partial charge >= 0.3 is 0 Å². The molecule has 1 unspecified atom stereocenters. The van der Waals surface area contributed by atoms with Crippen molar-refractivity contribution in [2.45, 2.75) is 57.6 Å². The van der Waals surface area contributed by atoms with E-state index in [4.69, 9.17) is 0 Å². The van der Waals surface area contributed by atoms with E-state index >= 15 is 0 Å². The second kappa shape index (κ2) is 10.0. The first-order chi connectivity index (χ1) is 13.6. The number of nitrogens with one attached hydrogen (secondary N) is 3. The van der Waals surface area contributed by atoms with E-state index in [9.17, 15) is 13.2 Å². The van der Waals surface area contributed by atoms with Crippen LogP contribution in [-0.2, 0) is 27.8 Å². The van der Waals surface area contributed by atoms with Gasteiger partial charge in [0.25, 0.3) is 5.91 Å². The van der Waals surface area contributed by atoms with Crippen molar-refractivity contribution >= 4 is 21.6 Å². The van der Waals surface area contributed by atoms with Gasteiger partial charge in [-0.2, -0.15) is 0 Å². The Labute approximate surface area is 174 Å². The van der Waals surface area contributed by atoms with Gasteiger partial charge in [-0.15, -0.1) is 0 Å². The van der Waals surface area contributed by atoms with Crippen molar-refractivity contribution in [1.29, 1.82) is 0 Å². The number of rotatable bonds is 9. The Morgan fingerprint density at radius 2 is 1.52 bits per heavy atom. The lowest BCUT2D eigenvalue weighted by molar-refractivity contribution is -0.907. The van der Waals surface area contributed by atoms with Crippen LogP contribution in [0.15, 0.2) is 53.4 Å². The summed E-state index contributed by atoms with van der Waals surface area (Å²) in [5.41, 5.74) is 3.06. The molecule has 0 aliphatic rings. The third-order valence-corrected chi connectivity index (χ3v) is 6.54. The summed E-state index contributed by atoms with van der Waals surface area (Å²) in [6.07, 6.45) is 1.01. The van der Waals surface area contributed by atoms with Gasteiger partial charge in [0.2, 0.25) is 10.0 Å². The van der Waals surface area contributed by atoms with E-state index in [0.29, 0.717) is 5.69 Å².